The fraction of sp³-hybridized carbons (Fsp3) is 0.778. The lowest BCUT2D eigenvalue weighted by atomic mass is 9.98. The Hall–Kier alpha value is -3.43. The molecule has 6 amide bonds. The molecular weight excluding hydrogens is 577 g/mol. The maximum absolute atomic E-state index is 13.7. The first-order valence-electron chi connectivity index (χ1n) is 14.5. The Kier molecular flexibility index (Phi) is 11.0. The number of carbonyl (C=O) groups is 6. The van der Waals surface area contributed by atoms with Gasteiger partial charge in [-0.2, -0.15) is 13.2 Å². The Morgan fingerprint density at radius 1 is 0.953 bits per heavy atom. The number of alkyl halides is 3. The van der Waals surface area contributed by atoms with Crippen LogP contribution in [-0.4, -0.2) is 101 Å². The summed E-state index contributed by atoms with van der Waals surface area (Å²) < 4.78 is 37.8. The van der Waals surface area contributed by atoms with Crippen molar-refractivity contribution >= 4 is 35.4 Å². The van der Waals surface area contributed by atoms with Gasteiger partial charge in [-0.1, -0.05) is 20.3 Å². The van der Waals surface area contributed by atoms with Crippen molar-refractivity contribution in [1.29, 1.82) is 0 Å². The summed E-state index contributed by atoms with van der Waals surface area (Å²) in [6, 6.07) is -6.47. The molecule has 1 aliphatic carbocycles. The number of amides is 6. The molecule has 13 nitrogen and oxygen atoms in total. The van der Waals surface area contributed by atoms with Crippen LogP contribution in [0.15, 0.2) is 0 Å². The SMILES string of the molecule is CC(C)[C@H]1NC(=O)[C@H]2CCC[C@@H]2NC(=O)[C@H](C)NC(=O)[C@@H]2C[C@H](NC(=O)CCC(F)(F)F)CN2C(=O)[C@@H]([C@@H](C)O)NC1=O. The molecule has 0 bridgehead atoms. The Labute approximate surface area is 247 Å². The van der Waals surface area contributed by atoms with E-state index in [1.165, 1.54) is 13.8 Å². The average molecular weight is 619 g/mol. The summed E-state index contributed by atoms with van der Waals surface area (Å²) in [4.78, 5) is 79.9. The molecule has 242 valence electrons. The number of hydrogen-bond acceptors (Lipinski definition) is 7. The molecule has 2 saturated heterocycles. The van der Waals surface area contributed by atoms with Crippen LogP contribution in [0.4, 0.5) is 13.2 Å². The molecule has 16 heteroatoms. The van der Waals surface area contributed by atoms with Gasteiger partial charge in [-0.15, -0.1) is 0 Å². The van der Waals surface area contributed by atoms with Crippen molar-refractivity contribution in [2.75, 3.05) is 6.54 Å². The zero-order chi connectivity index (χ0) is 32.2. The Morgan fingerprint density at radius 3 is 2.21 bits per heavy atom. The molecule has 0 spiro atoms. The first-order valence-corrected chi connectivity index (χ1v) is 14.5. The van der Waals surface area contributed by atoms with Crippen LogP contribution in [0, 0.1) is 11.8 Å². The van der Waals surface area contributed by atoms with E-state index in [0.29, 0.717) is 19.3 Å². The summed E-state index contributed by atoms with van der Waals surface area (Å²) in [5.41, 5.74) is 0. The van der Waals surface area contributed by atoms with Crippen molar-refractivity contribution in [1.82, 2.24) is 31.5 Å². The van der Waals surface area contributed by atoms with Gasteiger partial charge in [0, 0.05) is 25.0 Å². The van der Waals surface area contributed by atoms with E-state index in [9.17, 15) is 47.0 Å². The van der Waals surface area contributed by atoms with E-state index in [1.807, 2.05) is 0 Å². The molecule has 0 aromatic rings. The highest BCUT2D eigenvalue weighted by Gasteiger charge is 2.45. The minimum absolute atomic E-state index is 0.181. The predicted molar refractivity (Wildman–Crippen MR) is 145 cm³/mol. The van der Waals surface area contributed by atoms with Gasteiger partial charge >= 0.3 is 6.18 Å². The van der Waals surface area contributed by atoms with Crippen LogP contribution in [0.5, 0.6) is 0 Å². The fourth-order valence-electron chi connectivity index (χ4n) is 5.72. The number of halogens is 3. The monoisotopic (exact) mass is 618 g/mol. The summed E-state index contributed by atoms with van der Waals surface area (Å²) in [6.45, 7) is 5.74. The van der Waals surface area contributed by atoms with Crippen molar-refractivity contribution in [2.45, 2.75) is 115 Å². The molecular formula is C27H41F3N6O7. The van der Waals surface area contributed by atoms with Crippen LogP contribution in [0.2, 0.25) is 0 Å². The van der Waals surface area contributed by atoms with Crippen LogP contribution >= 0.6 is 0 Å². The van der Waals surface area contributed by atoms with Gasteiger partial charge in [0.1, 0.15) is 24.2 Å². The van der Waals surface area contributed by atoms with Crippen LogP contribution in [0.1, 0.15) is 66.2 Å². The molecule has 2 aliphatic heterocycles. The number of hydrogen-bond donors (Lipinski definition) is 6. The van der Waals surface area contributed by atoms with Gasteiger partial charge in [0.15, 0.2) is 0 Å². The first kappa shape index (κ1) is 34.1. The van der Waals surface area contributed by atoms with E-state index in [0.717, 1.165) is 4.90 Å². The first-order chi connectivity index (χ1) is 20.0. The van der Waals surface area contributed by atoms with Gasteiger partial charge in [0.05, 0.1) is 18.4 Å². The van der Waals surface area contributed by atoms with Crippen molar-refractivity contribution < 1.29 is 47.0 Å². The molecule has 43 heavy (non-hydrogen) atoms. The van der Waals surface area contributed by atoms with Crippen LogP contribution in [0.3, 0.4) is 0 Å². The zero-order valence-corrected chi connectivity index (χ0v) is 24.6. The summed E-state index contributed by atoms with van der Waals surface area (Å²) >= 11 is 0. The standard InChI is InChI=1S/C27H41F3N6O7/c1-12(2)20-25(42)35-21(14(4)37)26(43)36-11-15(32-19(38)8-9-27(28,29)30)10-18(36)24(41)31-13(3)22(39)33-17-7-5-6-16(17)23(40)34-20/h12-18,20-21,37H,5-11H2,1-4H3,(H,31,41)(H,32,38)(H,33,39)(H,34,40)(H,35,42)/t13-,14+,15-,16-,17-,18-,20+,21+/m0/s1. The van der Waals surface area contributed by atoms with Gasteiger partial charge < -0.3 is 36.6 Å². The third-order valence-electron chi connectivity index (χ3n) is 8.11. The molecule has 6 N–H and O–H groups in total. The largest absolute Gasteiger partial charge is 0.391 e. The number of rotatable bonds is 5. The maximum atomic E-state index is 13.7. The van der Waals surface area contributed by atoms with Crippen LogP contribution < -0.4 is 26.6 Å². The average Bonchev–Trinajstić information content (AvgIpc) is 3.54. The number of fused-ring (bicyclic) bond motifs is 2. The molecule has 2 heterocycles. The fourth-order valence-corrected chi connectivity index (χ4v) is 5.72. The third-order valence-corrected chi connectivity index (χ3v) is 8.11. The highest BCUT2D eigenvalue weighted by atomic mass is 19.4. The minimum atomic E-state index is -4.55. The van der Waals surface area contributed by atoms with Crippen LogP contribution in [-0.2, 0) is 28.8 Å². The second-order valence-electron chi connectivity index (χ2n) is 12.0. The van der Waals surface area contributed by atoms with E-state index in [2.05, 4.69) is 26.6 Å². The topological polar surface area (TPSA) is 186 Å². The molecule has 3 fully saturated rings. The third kappa shape index (κ3) is 8.80. The lowest BCUT2D eigenvalue weighted by molar-refractivity contribution is -0.145. The normalized spacial score (nSPS) is 31.9. The van der Waals surface area contributed by atoms with Gasteiger partial charge in [-0.05, 0) is 39.0 Å². The van der Waals surface area contributed by atoms with E-state index in [4.69, 9.17) is 0 Å². The molecule has 0 unspecified atom stereocenters. The van der Waals surface area contributed by atoms with Gasteiger partial charge in [0.25, 0.3) is 0 Å². The van der Waals surface area contributed by atoms with E-state index >= 15 is 0 Å². The summed E-state index contributed by atoms with van der Waals surface area (Å²) in [6.07, 6.45) is -6.77. The molecule has 0 aromatic heterocycles. The number of aliphatic hydroxyl groups is 1. The number of nitrogens with one attached hydrogen (secondary N) is 5. The lowest BCUT2D eigenvalue weighted by Crippen LogP contribution is -2.62. The highest BCUT2D eigenvalue weighted by Crippen LogP contribution is 2.27. The quantitative estimate of drug-likeness (QED) is 0.233. The molecule has 3 rings (SSSR count). The van der Waals surface area contributed by atoms with E-state index < -0.39 is 109 Å². The van der Waals surface area contributed by atoms with Gasteiger partial charge in [-0.3, -0.25) is 28.8 Å². The second-order valence-corrected chi connectivity index (χ2v) is 12.0. The van der Waals surface area contributed by atoms with Crippen LogP contribution in [0.25, 0.3) is 0 Å². The maximum Gasteiger partial charge on any atom is 0.389 e. The summed E-state index contributed by atoms with van der Waals surface area (Å²) in [7, 11) is 0. The van der Waals surface area contributed by atoms with Gasteiger partial charge in [0.2, 0.25) is 35.4 Å². The highest BCUT2D eigenvalue weighted by molar-refractivity contribution is 5.97. The lowest BCUT2D eigenvalue weighted by Gasteiger charge is -2.33. The Morgan fingerprint density at radius 2 is 1.60 bits per heavy atom. The van der Waals surface area contributed by atoms with E-state index in [1.54, 1.807) is 13.8 Å². The number of carbonyl (C=O) groups excluding carboxylic acids is 6. The summed E-state index contributed by atoms with van der Waals surface area (Å²) in [5, 5.41) is 23.4. The van der Waals surface area contributed by atoms with Crippen molar-refractivity contribution in [3.8, 4) is 0 Å². The number of aliphatic hydroxyl groups excluding tert-OH is 1. The molecule has 1 saturated carbocycles. The Balaban J connectivity index is 1.93. The Bertz CT molecular complexity index is 1100. The predicted octanol–water partition coefficient (Wildman–Crippen LogP) is -0.776. The molecule has 0 radical (unpaired) electrons. The zero-order valence-electron chi connectivity index (χ0n) is 24.6. The van der Waals surface area contributed by atoms with E-state index in [-0.39, 0.29) is 13.0 Å². The number of nitrogens with zero attached hydrogens (tertiary/aromatic N) is 1. The minimum Gasteiger partial charge on any atom is -0.391 e. The second kappa shape index (κ2) is 13.9. The molecule has 0 aromatic carbocycles. The molecule has 8 atom stereocenters. The summed E-state index contributed by atoms with van der Waals surface area (Å²) in [5.74, 6) is -5.42. The van der Waals surface area contributed by atoms with Crippen molar-refractivity contribution in [2.24, 2.45) is 11.8 Å². The van der Waals surface area contributed by atoms with Crippen molar-refractivity contribution in [3.63, 3.8) is 0 Å². The smallest absolute Gasteiger partial charge is 0.389 e. The van der Waals surface area contributed by atoms with Gasteiger partial charge in [-0.25, -0.2) is 0 Å². The molecule has 3 aliphatic rings. The van der Waals surface area contributed by atoms with Crippen molar-refractivity contribution in [3.05, 3.63) is 0 Å².